The van der Waals surface area contributed by atoms with Crippen molar-refractivity contribution < 1.29 is 9.32 Å². The molecular weight excluding hydrogens is 314 g/mol. The third kappa shape index (κ3) is 2.24. The number of hydrogen-bond donors (Lipinski definition) is 1. The molecule has 2 heterocycles. The number of rotatable bonds is 3. The number of carbonyl (C=O) groups excluding carboxylic acids is 1. The van der Waals surface area contributed by atoms with Gasteiger partial charge >= 0.3 is 0 Å². The van der Waals surface area contributed by atoms with Gasteiger partial charge in [0, 0.05) is 12.2 Å². The Balaban J connectivity index is 1.60. The second kappa shape index (κ2) is 5.29. The molecule has 1 N–H and O–H groups in total. The second-order valence-electron chi connectivity index (χ2n) is 8.94. The number of amides is 1. The Kier molecular flexibility index (Phi) is 3.50. The van der Waals surface area contributed by atoms with E-state index in [1.807, 2.05) is 6.07 Å². The zero-order valence-electron chi connectivity index (χ0n) is 15.7. The molecule has 0 radical (unpaired) electrons. The molecular formula is C20H27N3O2. The largest absolute Gasteiger partial charge is 0.349 e. The minimum Gasteiger partial charge on any atom is -0.349 e. The quantitative estimate of drug-likeness (QED) is 0.904. The Bertz CT molecular complexity index is 839. The van der Waals surface area contributed by atoms with Crippen LogP contribution in [0, 0.1) is 16.7 Å². The highest BCUT2D eigenvalue weighted by atomic mass is 16.5. The SMILES string of the molecule is CC(C)c1noc2ncc(C(=O)N[C@H]3C[C@H]4CC[C@@]3(C)C4(C)C)cc12. The van der Waals surface area contributed by atoms with Gasteiger partial charge in [0.25, 0.3) is 11.6 Å². The van der Waals surface area contributed by atoms with Crippen LogP contribution in [0.15, 0.2) is 16.8 Å². The number of carbonyl (C=O) groups is 1. The maximum atomic E-state index is 12.9. The summed E-state index contributed by atoms with van der Waals surface area (Å²) in [6.45, 7) is 11.2. The van der Waals surface area contributed by atoms with E-state index >= 15 is 0 Å². The van der Waals surface area contributed by atoms with Gasteiger partial charge in [0.15, 0.2) is 0 Å². The molecule has 2 aromatic rings. The molecule has 0 aromatic carbocycles. The number of fused-ring (bicyclic) bond motifs is 3. The normalized spacial score (nSPS) is 30.3. The Morgan fingerprint density at radius 2 is 2.12 bits per heavy atom. The van der Waals surface area contributed by atoms with Crippen LogP contribution in [-0.4, -0.2) is 22.1 Å². The fourth-order valence-electron chi connectivity index (χ4n) is 5.05. The Morgan fingerprint density at radius 3 is 2.72 bits per heavy atom. The van der Waals surface area contributed by atoms with Gasteiger partial charge in [-0.3, -0.25) is 4.79 Å². The maximum Gasteiger partial charge on any atom is 0.257 e. The van der Waals surface area contributed by atoms with E-state index in [9.17, 15) is 4.79 Å². The number of nitrogens with one attached hydrogen (secondary N) is 1. The highest BCUT2D eigenvalue weighted by Gasteiger charge is 2.61. The smallest absolute Gasteiger partial charge is 0.257 e. The Morgan fingerprint density at radius 1 is 1.36 bits per heavy atom. The highest BCUT2D eigenvalue weighted by molar-refractivity contribution is 5.97. The summed E-state index contributed by atoms with van der Waals surface area (Å²) < 4.78 is 5.27. The van der Waals surface area contributed by atoms with Gasteiger partial charge in [-0.05, 0) is 48.0 Å². The van der Waals surface area contributed by atoms with Gasteiger partial charge in [-0.15, -0.1) is 0 Å². The van der Waals surface area contributed by atoms with Crippen LogP contribution in [0.5, 0.6) is 0 Å². The molecule has 1 amide bonds. The van der Waals surface area contributed by atoms with E-state index in [1.165, 1.54) is 12.8 Å². The van der Waals surface area contributed by atoms with Crippen molar-refractivity contribution in [2.45, 2.75) is 65.8 Å². The second-order valence-corrected chi connectivity index (χ2v) is 8.94. The van der Waals surface area contributed by atoms with Crippen LogP contribution in [0.2, 0.25) is 0 Å². The first kappa shape index (κ1) is 16.6. The molecule has 134 valence electrons. The van der Waals surface area contributed by atoms with Crippen LogP contribution in [-0.2, 0) is 0 Å². The molecule has 0 aliphatic heterocycles. The maximum absolute atomic E-state index is 12.9. The summed E-state index contributed by atoms with van der Waals surface area (Å²) in [5.74, 6) is 0.889. The fraction of sp³-hybridized carbons (Fsp3) is 0.650. The van der Waals surface area contributed by atoms with E-state index < -0.39 is 0 Å². The number of pyridine rings is 1. The average Bonchev–Trinajstić information content (AvgIpc) is 3.13. The minimum atomic E-state index is -0.0418. The topological polar surface area (TPSA) is 68.0 Å². The standard InChI is InChI=1S/C20H27N3O2/c1-11(2)16-14-8-12(10-21-18(14)25-23-16)17(24)22-15-9-13-6-7-20(15,5)19(13,3)4/h8,10-11,13,15H,6-7,9H2,1-5H3,(H,22,24)/t13-,15+,20-/m1/s1. The van der Waals surface area contributed by atoms with Gasteiger partial charge in [0.2, 0.25) is 0 Å². The Hall–Kier alpha value is -1.91. The molecule has 0 saturated heterocycles. The minimum absolute atomic E-state index is 0.0418. The van der Waals surface area contributed by atoms with Gasteiger partial charge < -0.3 is 9.84 Å². The summed E-state index contributed by atoms with van der Waals surface area (Å²) in [6.07, 6.45) is 5.14. The zero-order valence-corrected chi connectivity index (χ0v) is 15.7. The molecule has 4 rings (SSSR count). The first-order valence-corrected chi connectivity index (χ1v) is 9.30. The summed E-state index contributed by atoms with van der Waals surface area (Å²) >= 11 is 0. The molecule has 2 fully saturated rings. The zero-order chi connectivity index (χ0) is 18.0. The molecule has 0 unspecified atom stereocenters. The molecule has 2 aliphatic rings. The van der Waals surface area contributed by atoms with Gasteiger partial charge in [0.05, 0.1) is 16.6 Å². The van der Waals surface area contributed by atoms with Crippen LogP contribution in [0.25, 0.3) is 11.1 Å². The third-order valence-corrected chi connectivity index (χ3v) is 7.27. The predicted octanol–water partition coefficient (Wildman–Crippen LogP) is 4.29. The van der Waals surface area contributed by atoms with Gasteiger partial charge in [-0.1, -0.05) is 39.8 Å². The summed E-state index contributed by atoms with van der Waals surface area (Å²) in [7, 11) is 0. The van der Waals surface area contributed by atoms with E-state index in [0.29, 0.717) is 17.2 Å². The summed E-state index contributed by atoms with van der Waals surface area (Å²) in [6, 6.07) is 2.10. The van der Waals surface area contributed by atoms with Crippen molar-refractivity contribution >= 4 is 17.0 Å². The van der Waals surface area contributed by atoms with E-state index in [4.69, 9.17) is 4.52 Å². The monoisotopic (exact) mass is 341 g/mol. The summed E-state index contributed by atoms with van der Waals surface area (Å²) in [5.41, 5.74) is 2.39. The molecule has 2 aliphatic carbocycles. The third-order valence-electron chi connectivity index (χ3n) is 7.27. The van der Waals surface area contributed by atoms with Crippen molar-refractivity contribution in [2.24, 2.45) is 16.7 Å². The van der Waals surface area contributed by atoms with Crippen LogP contribution >= 0.6 is 0 Å². The van der Waals surface area contributed by atoms with E-state index in [1.54, 1.807) is 6.20 Å². The molecule has 5 heteroatoms. The lowest BCUT2D eigenvalue weighted by atomic mass is 9.69. The number of aromatic nitrogens is 2. The van der Waals surface area contributed by atoms with Crippen molar-refractivity contribution in [1.29, 1.82) is 0 Å². The van der Waals surface area contributed by atoms with Crippen LogP contribution < -0.4 is 5.32 Å². The lowest BCUT2D eigenvalue weighted by molar-refractivity contribution is 0.0826. The van der Waals surface area contributed by atoms with Crippen molar-refractivity contribution in [1.82, 2.24) is 15.5 Å². The average molecular weight is 341 g/mol. The van der Waals surface area contributed by atoms with Gasteiger partial charge in [0.1, 0.15) is 0 Å². The van der Waals surface area contributed by atoms with E-state index in [-0.39, 0.29) is 28.7 Å². The van der Waals surface area contributed by atoms with Crippen LogP contribution in [0.3, 0.4) is 0 Å². The molecule has 2 aromatic heterocycles. The molecule has 3 atom stereocenters. The molecule has 0 spiro atoms. The first-order valence-electron chi connectivity index (χ1n) is 9.30. The lowest BCUT2D eigenvalue weighted by Gasteiger charge is -2.39. The van der Waals surface area contributed by atoms with Crippen molar-refractivity contribution in [3.8, 4) is 0 Å². The molecule has 2 bridgehead atoms. The van der Waals surface area contributed by atoms with Crippen molar-refractivity contribution in [2.75, 3.05) is 0 Å². The fourth-order valence-corrected chi connectivity index (χ4v) is 5.05. The summed E-state index contributed by atoms with van der Waals surface area (Å²) in [4.78, 5) is 17.2. The summed E-state index contributed by atoms with van der Waals surface area (Å²) in [5, 5.41) is 8.22. The van der Waals surface area contributed by atoms with E-state index in [0.717, 1.165) is 17.5 Å². The highest BCUT2D eigenvalue weighted by Crippen LogP contribution is 2.65. The van der Waals surface area contributed by atoms with Crippen molar-refractivity contribution in [3.05, 3.63) is 23.5 Å². The molecule has 5 nitrogen and oxygen atoms in total. The van der Waals surface area contributed by atoms with Crippen molar-refractivity contribution in [3.63, 3.8) is 0 Å². The predicted molar refractivity (Wildman–Crippen MR) is 96.4 cm³/mol. The van der Waals surface area contributed by atoms with Gasteiger partial charge in [-0.2, -0.15) is 0 Å². The number of nitrogens with zero attached hydrogens (tertiary/aromatic N) is 2. The molecule has 25 heavy (non-hydrogen) atoms. The first-order chi connectivity index (χ1) is 11.7. The van der Waals surface area contributed by atoms with E-state index in [2.05, 4.69) is 50.1 Å². The number of hydrogen-bond acceptors (Lipinski definition) is 4. The lowest BCUT2D eigenvalue weighted by Crippen LogP contribution is -2.46. The van der Waals surface area contributed by atoms with Gasteiger partial charge in [-0.25, -0.2) is 4.98 Å². The Labute approximate surface area is 148 Å². The molecule has 2 saturated carbocycles. The van der Waals surface area contributed by atoms with Crippen LogP contribution in [0.1, 0.15) is 75.9 Å². The van der Waals surface area contributed by atoms with Crippen LogP contribution in [0.4, 0.5) is 0 Å².